The van der Waals surface area contributed by atoms with Gasteiger partial charge in [-0.05, 0) is 30.8 Å². The van der Waals surface area contributed by atoms with E-state index in [1.165, 1.54) is 0 Å². The van der Waals surface area contributed by atoms with Crippen molar-refractivity contribution in [3.63, 3.8) is 0 Å². The fourth-order valence-electron chi connectivity index (χ4n) is 2.01. The summed E-state index contributed by atoms with van der Waals surface area (Å²) in [5, 5.41) is 0. The molecular formula is C14H15N3O2. The van der Waals surface area contributed by atoms with Crippen LogP contribution < -0.4 is 15.2 Å². The molecule has 1 aromatic heterocycles. The number of hydrogen-bond donors (Lipinski definition) is 1. The van der Waals surface area contributed by atoms with Gasteiger partial charge in [-0.1, -0.05) is 0 Å². The van der Waals surface area contributed by atoms with Crippen LogP contribution in [0.2, 0.25) is 0 Å². The molecule has 0 fully saturated rings. The molecule has 3 rings (SSSR count). The van der Waals surface area contributed by atoms with E-state index in [4.69, 9.17) is 15.2 Å². The van der Waals surface area contributed by atoms with Crippen molar-refractivity contribution in [2.45, 2.75) is 6.42 Å². The van der Waals surface area contributed by atoms with Crippen molar-refractivity contribution < 1.29 is 9.47 Å². The molecule has 98 valence electrons. The molecule has 0 saturated carbocycles. The first-order valence-electron chi connectivity index (χ1n) is 6.29. The topological polar surface area (TPSA) is 70.3 Å². The van der Waals surface area contributed by atoms with Gasteiger partial charge in [0.15, 0.2) is 11.5 Å². The molecule has 0 aliphatic carbocycles. The highest BCUT2D eigenvalue weighted by molar-refractivity contribution is 5.63. The SMILES string of the molecule is NCCc1nccc(-c2ccc3c(c2)OCCO3)n1. The van der Waals surface area contributed by atoms with Gasteiger partial charge in [-0.25, -0.2) is 9.97 Å². The largest absolute Gasteiger partial charge is 0.486 e. The molecule has 0 bridgehead atoms. The summed E-state index contributed by atoms with van der Waals surface area (Å²) in [6.45, 7) is 1.73. The predicted octanol–water partition coefficient (Wildman–Crippen LogP) is 1.42. The Morgan fingerprint density at radius 3 is 2.79 bits per heavy atom. The molecule has 5 heteroatoms. The summed E-state index contributed by atoms with van der Waals surface area (Å²) in [6, 6.07) is 7.71. The van der Waals surface area contributed by atoms with Gasteiger partial charge < -0.3 is 15.2 Å². The van der Waals surface area contributed by atoms with E-state index in [1.54, 1.807) is 6.20 Å². The number of nitrogens with two attached hydrogens (primary N) is 1. The zero-order valence-corrected chi connectivity index (χ0v) is 10.5. The van der Waals surface area contributed by atoms with E-state index >= 15 is 0 Å². The summed E-state index contributed by atoms with van der Waals surface area (Å²) in [6.07, 6.45) is 2.43. The number of ether oxygens (including phenoxy) is 2. The fraction of sp³-hybridized carbons (Fsp3) is 0.286. The molecule has 1 aliphatic rings. The minimum absolute atomic E-state index is 0.546. The van der Waals surface area contributed by atoms with Crippen molar-refractivity contribution in [3.05, 3.63) is 36.3 Å². The first-order chi connectivity index (χ1) is 9.36. The van der Waals surface area contributed by atoms with Gasteiger partial charge in [0, 0.05) is 18.2 Å². The third-order valence-electron chi connectivity index (χ3n) is 2.91. The molecule has 0 atom stereocenters. The van der Waals surface area contributed by atoms with Crippen molar-refractivity contribution in [3.8, 4) is 22.8 Å². The summed E-state index contributed by atoms with van der Waals surface area (Å²) in [7, 11) is 0. The maximum atomic E-state index is 5.57. The third kappa shape index (κ3) is 2.51. The van der Waals surface area contributed by atoms with Gasteiger partial charge in [-0.2, -0.15) is 0 Å². The lowest BCUT2D eigenvalue weighted by Crippen LogP contribution is -2.15. The van der Waals surface area contributed by atoms with Crippen LogP contribution in [-0.4, -0.2) is 29.7 Å². The van der Waals surface area contributed by atoms with Crippen LogP contribution in [-0.2, 0) is 6.42 Å². The first kappa shape index (κ1) is 11.9. The lowest BCUT2D eigenvalue weighted by atomic mass is 10.1. The molecule has 1 aliphatic heterocycles. The second kappa shape index (κ2) is 5.24. The Hall–Kier alpha value is -2.14. The molecule has 2 aromatic rings. The zero-order valence-electron chi connectivity index (χ0n) is 10.5. The van der Waals surface area contributed by atoms with Crippen LogP contribution in [0.15, 0.2) is 30.5 Å². The maximum Gasteiger partial charge on any atom is 0.162 e. The molecular weight excluding hydrogens is 242 g/mol. The number of aromatic nitrogens is 2. The van der Waals surface area contributed by atoms with E-state index in [-0.39, 0.29) is 0 Å². The molecule has 0 radical (unpaired) electrons. The molecule has 0 amide bonds. The zero-order chi connectivity index (χ0) is 13.1. The average molecular weight is 257 g/mol. The maximum absolute atomic E-state index is 5.57. The fourth-order valence-corrected chi connectivity index (χ4v) is 2.01. The Morgan fingerprint density at radius 2 is 1.95 bits per heavy atom. The van der Waals surface area contributed by atoms with E-state index in [0.29, 0.717) is 26.2 Å². The van der Waals surface area contributed by atoms with Crippen LogP contribution in [0.5, 0.6) is 11.5 Å². The van der Waals surface area contributed by atoms with Crippen LogP contribution in [0, 0.1) is 0 Å². The Morgan fingerprint density at radius 1 is 1.11 bits per heavy atom. The van der Waals surface area contributed by atoms with Crippen molar-refractivity contribution >= 4 is 0 Å². The van der Waals surface area contributed by atoms with Gasteiger partial charge in [-0.15, -0.1) is 0 Å². The van der Waals surface area contributed by atoms with Gasteiger partial charge in [0.2, 0.25) is 0 Å². The standard InChI is InChI=1S/C14H15N3O2/c15-5-3-14-16-6-4-11(17-14)10-1-2-12-13(9-10)19-8-7-18-12/h1-2,4,6,9H,3,5,7-8,15H2. The summed E-state index contributed by atoms with van der Waals surface area (Å²) in [4.78, 5) is 8.69. The Balaban J connectivity index is 1.95. The normalized spacial score (nSPS) is 13.3. The molecule has 0 spiro atoms. The molecule has 2 N–H and O–H groups in total. The predicted molar refractivity (Wildman–Crippen MR) is 71.2 cm³/mol. The Labute approximate surface area is 111 Å². The highest BCUT2D eigenvalue weighted by Crippen LogP contribution is 2.33. The van der Waals surface area contributed by atoms with E-state index < -0.39 is 0 Å². The monoisotopic (exact) mass is 257 g/mol. The van der Waals surface area contributed by atoms with Crippen LogP contribution in [0.1, 0.15) is 5.82 Å². The summed E-state index contributed by atoms with van der Waals surface area (Å²) in [5.41, 5.74) is 7.39. The van der Waals surface area contributed by atoms with Crippen molar-refractivity contribution in [1.29, 1.82) is 0 Å². The minimum atomic E-state index is 0.546. The highest BCUT2D eigenvalue weighted by Gasteiger charge is 2.13. The van der Waals surface area contributed by atoms with E-state index in [2.05, 4.69) is 9.97 Å². The minimum Gasteiger partial charge on any atom is -0.486 e. The third-order valence-corrected chi connectivity index (χ3v) is 2.91. The molecule has 5 nitrogen and oxygen atoms in total. The average Bonchev–Trinajstić information content (AvgIpc) is 2.47. The summed E-state index contributed by atoms with van der Waals surface area (Å²) < 4.78 is 11.1. The number of benzene rings is 1. The van der Waals surface area contributed by atoms with Gasteiger partial charge in [-0.3, -0.25) is 0 Å². The van der Waals surface area contributed by atoms with Crippen LogP contribution in [0.25, 0.3) is 11.3 Å². The number of hydrogen-bond acceptors (Lipinski definition) is 5. The molecule has 2 heterocycles. The van der Waals surface area contributed by atoms with E-state index in [0.717, 1.165) is 28.6 Å². The lowest BCUT2D eigenvalue weighted by Gasteiger charge is -2.18. The number of nitrogens with zero attached hydrogens (tertiary/aromatic N) is 2. The number of fused-ring (bicyclic) bond motifs is 1. The Kier molecular flexibility index (Phi) is 3.29. The van der Waals surface area contributed by atoms with Crippen LogP contribution in [0.4, 0.5) is 0 Å². The van der Waals surface area contributed by atoms with Gasteiger partial charge in [0.1, 0.15) is 19.0 Å². The summed E-state index contributed by atoms with van der Waals surface area (Å²) >= 11 is 0. The van der Waals surface area contributed by atoms with Gasteiger partial charge >= 0.3 is 0 Å². The Bertz CT molecular complexity index is 587. The van der Waals surface area contributed by atoms with Crippen molar-refractivity contribution in [2.75, 3.05) is 19.8 Å². The molecule has 1 aromatic carbocycles. The van der Waals surface area contributed by atoms with E-state index in [9.17, 15) is 0 Å². The molecule has 19 heavy (non-hydrogen) atoms. The highest BCUT2D eigenvalue weighted by atomic mass is 16.6. The smallest absolute Gasteiger partial charge is 0.162 e. The number of rotatable bonds is 3. The first-order valence-corrected chi connectivity index (χ1v) is 6.29. The second-order valence-corrected chi connectivity index (χ2v) is 4.26. The van der Waals surface area contributed by atoms with Crippen LogP contribution >= 0.6 is 0 Å². The van der Waals surface area contributed by atoms with E-state index in [1.807, 2.05) is 24.3 Å². The van der Waals surface area contributed by atoms with Crippen molar-refractivity contribution in [2.24, 2.45) is 5.73 Å². The second-order valence-electron chi connectivity index (χ2n) is 4.26. The molecule has 0 saturated heterocycles. The van der Waals surface area contributed by atoms with Crippen molar-refractivity contribution in [1.82, 2.24) is 9.97 Å². The quantitative estimate of drug-likeness (QED) is 0.900. The van der Waals surface area contributed by atoms with Crippen LogP contribution in [0.3, 0.4) is 0 Å². The summed E-state index contributed by atoms with van der Waals surface area (Å²) in [5.74, 6) is 2.31. The lowest BCUT2D eigenvalue weighted by molar-refractivity contribution is 0.171. The van der Waals surface area contributed by atoms with Gasteiger partial charge in [0.25, 0.3) is 0 Å². The van der Waals surface area contributed by atoms with Gasteiger partial charge in [0.05, 0.1) is 5.69 Å². The molecule has 0 unspecified atom stereocenters.